The molecule has 0 atom stereocenters. The van der Waals surface area contributed by atoms with E-state index in [4.69, 9.17) is 0 Å². The highest BCUT2D eigenvalue weighted by atomic mass is 16.1. The zero-order valence-electron chi connectivity index (χ0n) is 14.9. The summed E-state index contributed by atoms with van der Waals surface area (Å²) < 4.78 is 0. The van der Waals surface area contributed by atoms with Crippen LogP contribution in [0.5, 0.6) is 0 Å². The molecule has 0 bridgehead atoms. The molecule has 1 aliphatic rings. The molecule has 0 saturated carbocycles. The van der Waals surface area contributed by atoms with Crippen LogP contribution in [0.25, 0.3) is 0 Å². The highest BCUT2D eigenvalue weighted by Gasteiger charge is 2.14. The van der Waals surface area contributed by atoms with Crippen LogP contribution < -0.4 is 10.2 Å². The minimum absolute atomic E-state index is 0.0864. The Balaban J connectivity index is 1.44. The quantitative estimate of drug-likeness (QED) is 0.877. The van der Waals surface area contributed by atoms with Crippen LogP contribution in [0.2, 0.25) is 0 Å². The van der Waals surface area contributed by atoms with Gasteiger partial charge in [-0.3, -0.25) is 4.79 Å². The molecule has 4 heteroatoms. The van der Waals surface area contributed by atoms with Gasteiger partial charge < -0.3 is 15.1 Å². The van der Waals surface area contributed by atoms with Gasteiger partial charge in [-0.15, -0.1) is 0 Å². The van der Waals surface area contributed by atoms with Crippen molar-refractivity contribution in [3.05, 3.63) is 60.2 Å². The Kier molecular flexibility index (Phi) is 6.07. The van der Waals surface area contributed by atoms with E-state index in [9.17, 15) is 4.79 Å². The van der Waals surface area contributed by atoms with Crippen molar-refractivity contribution in [3.63, 3.8) is 0 Å². The van der Waals surface area contributed by atoms with E-state index in [1.165, 1.54) is 11.3 Å². The van der Waals surface area contributed by atoms with Gasteiger partial charge in [0.2, 0.25) is 5.91 Å². The molecule has 0 aliphatic carbocycles. The average molecular weight is 337 g/mol. The summed E-state index contributed by atoms with van der Waals surface area (Å²) >= 11 is 0. The fraction of sp³-hybridized carbons (Fsp3) is 0.381. The Morgan fingerprint density at radius 2 is 1.64 bits per heavy atom. The fourth-order valence-corrected chi connectivity index (χ4v) is 3.14. The monoisotopic (exact) mass is 337 g/mol. The highest BCUT2D eigenvalue weighted by molar-refractivity contribution is 5.90. The summed E-state index contributed by atoms with van der Waals surface area (Å²) in [5, 5.41) is 3.00. The summed E-state index contributed by atoms with van der Waals surface area (Å²) in [5.41, 5.74) is 3.39. The van der Waals surface area contributed by atoms with Crippen LogP contribution in [0.4, 0.5) is 11.4 Å². The zero-order valence-corrected chi connectivity index (χ0v) is 14.9. The van der Waals surface area contributed by atoms with Crippen molar-refractivity contribution < 1.29 is 4.79 Å². The number of nitrogens with one attached hydrogen (secondary N) is 1. The number of amides is 1. The lowest BCUT2D eigenvalue weighted by atomic mass is 10.1. The number of hydrogen-bond acceptors (Lipinski definition) is 3. The first-order valence-electron chi connectivity index (χ1n) is 9.08. The summed E-state index contributed by atoms with van der Waals surface area (Å²) in [6.45, 7) is 4.31. The molecule has 1 heterocycles. The molecule has 0 unspecified atom stereocenters. The van der Waals surface area contributed by atoms with Gasteiger partial charge in [0.05, 0.1) is 0 Å². The Bertz CT molecular complexity index is 661. The molecule has 0 radical (unpaired) electrons. The molecule has 1 saturated heterocycles. The van der Waals surface area contributed by atoms with Crippen molar-refractivity contribution in [2.45, 2.75) is 19.3 Å². The number of carbonyl (C=O) groups excluding carboxylic acids is 1. The molecule has 2 aromatic rings. The standard InChI is InChI=1S/C21H27N3O/c1-23-14-16-24(17-15-23)20-12-10-19(11-13-20)22-21(25)9-5-8-18-6-3-2-4-7-18/h2-4,6-7,10-13H,5,8-9,14-17H2,1H3,(H,22,25). The Hall–Kier alpha value is -2.33. The first-order chi connectivity index (χ1) is 12.2. The van der Waals surface area contributed by atoms with E-state index in [-0.39, 0.29) is 5.91 Å². The number of rotatable bonds is 6. The zero-order chi connectivity index (χ0) is 17.5. The van der Waals surface area contributed by atoms with E-state index in [0.29, 0.717) is 6.42 Å². The van der Waals surface area contributed by atoms with Gasteiger partial charge in [-0.2, -0.15) is 0 Å². The number of carbonyl (C=O) groups is 1. The summed E-state index contributed by atoms with van der Waals surface area (Å²) in [5.74, 6) is 0.0864. The van der Waals surface area contributed by atoms with E-state index >= 15 is 0 Å². The second kappa shape index (κ2) is 8.67. The van der Waals surface area contributed by atoms with E-state index in [1.54, 1.807) is 0 Å². The summed E-state index contributed by atoms with van der Waals surface area (Å²) in [4.78, 5) is 16.8. The highest BCUT2D eigenvalue weighted by Crippen LogP contribution is 2.19. The van der Waals surface area contributed by atoms with Crippen molar-refractivity contribution in [1.29, 1.82) is 0 Å². The van der Waals surface area contributed by atoms with Crippen LogP contribution in [0.1, 0.15) is 18.4 Å². The predicted molar refractivity (Wildman–Crippen MR) is 104 cm³/mol. The second-order valence-corrected chi connectivity index (χ2v) is 6.72. The topological polar surface area (TPSA) is 35.6 Å². The summed E-state index contributed by atoms with van der Waals surface area (Å²) in [6, 6.07) is 18.5. The lowest BCUT2D eigenvalue weighted by Gasteiger charge is -2.34. The van der Waals surface area contributed by atoms with Crippen LogP contribution in [-0.2, 0) is 11.2 Å². The molecule has 1 N–H and O–H groups in total. The molecular weight excluding hydrogens is 310 g/mol. The van der Waals surface area contributed by atoms with Crippen LogP contribution in [-0.4, -0.2) is 44.0 Å². The van der Waals surface area contributed by atoms with Gasteiger partial charge in [0, 0.05) is 44.0 Å². The maximum absolute atomic E-state index is 12.1. The first kappa shape index (κ1) is 17.5. The molecular formula is C21H27N3O. The Morgan fingerprint density at radius 3 is 2.32 bits per heavy atom. The summed E-state index contributed by atoms with van der Waals surface area (Å²) in [6.07, 6.45) is 2.36. The van der Waals surface area contributed by atoms with Gasteiger partial charge in [0.1, 0.15) is 0 Å². The lowest BCUT2D eigenvalue weighted by molar-refractivity contribution is -0.116. The normalized spacial score (nSPS) is 15.2. The van der Waals surface area contributed by atoms with Gasteiger partial charge in [0.15, 0.2) is 0 Å². The number of nitrogens with zero attached hydrogens (tertiary/aromatic N) is 2. The molecule has 25 heavy (non-hydrogen) atoms. The van der Waals surface area contributed by atoms with E-state index in [2.05, 4.69) is 46.4 Å². The third-order valence-corrected chi connectivity index (χ3v) is 4.73. The third kappa shape index (κ3) is 5.33. The maximum Gasteiger partial charge on any atom is 0.224 e. The molecule has 0 aromatic heterocycles. The van der Waals surface area contributed by atoms with Gasteiger partial charge in [0.25, 0.3) is 0 Å². The van der Waals surface area contributed by atoms with Gasteiger partial charge >= 0.3 is 0 Å². The first-order valence-corrected chi connectivity index (χ1v) is 9.08. The largest absolute Gasteiger partial charge is 0.369 e. The van der Waals surface area contributed by atoms with E-state index in [0.717, 1.165) is 44.7 Å². The maximum atomic E-state index is 12.1. The van der Waals surface area contributed by atoms with Crippen molar-refractivity contribution in [2.75, 3.05) is 43.4 Å². The molecule has 2 aromatic carbocycles. The number of piperazine rings is 1. The number of aryl methyl sites for hydroxylation is 1. The lowest BCUT2D eigenvalue weighted by Crippen LogP contribution is -2.44. The van der Waals surface area contributed by atoms with Crippen molar-refractivity contribution in [1.82, 2.24) is 4.90 Å². The van der Waals surface area contributed by atoms with Crippen molar-refractivity contribution in [3.8, 4) is 0 Å². The Labute approximate surface area is 150 Å². The van der Waals surface area contributed by atoms with E-state index < -0.39 is 0 Å². The summed E-state index contributed by atoms with van der Waals surface area (Å²) in [7, 11) is 2.16. The predicted octanol–water partition coefficient (Wildman–Crippen LogP) is 3.40. The van der Waals surface area contributed by atoms with Gasteiger partial charge in [-0.1, -0.05) is 30.3 Å². The van der Waals surface area contributed by atoms with Gasteiger partial charge in [-0.25, -0.2) is 0 Å². The number of anilines is 2. The van der Waals surface area contributed by atoms with Crippen LogP contribution in [0, 0.1) is 0 Å². The SMILES string of the molecule is CN1CCN(c2ccc(NC(=O)CCCc3ccccc3)cc2)CC1. The smallest absolute Gasteiger partial charge is 0.224 e. The van der Waals surface area contributed by atoms with Crippen LogP contribution >= 0.6 is 0 Å². The molecule has 132 valence electrons. The minimum Gasteiger partial charge on any atom is -0.369 e. The molecule has 4 nitrogen and oxygen atoms in total. The van der Waals surface area contributed by atoms with Crippen LogP contribution in [0.15, 0.2) is 54.6 Å². The number of hydrogen-bond donors (Lipinski definition) is 1. The van der Waals surface area contributed by atoms with Crippen molar-refractivity contribution >= 4 is 17.3 Å². The molecule has 0 spiro atoms. The third-order valence-electron chi connectivity index (χ3n) is 4.73. The van der Waals surface area contributed by atoms with Crippen molar-refractivity contribution in [2.24, 2.45) is 0 Å². The fourth-order valence-electron chi connectivity index (χ4n) is 3.14. The van der Waals surface area contributed by atoms with Crippen LogP contribution in [0.3, 0.4) is 0 Å². The molecule has 1 aliphatic heterocycles. The van der Waals surface area contributed by atoms with Gasteiger partial charge in [-0.05, 0) is 49.7 Å². The minimum atomic E-state index is 0.0864. The molecule has 1 amide bonds. The molecule has 1 fully saturated rings. The average Bonchev–Trinajstić information content (AvgIpc) is 2.64. The second-order valence-electron chi connectivity index (χ2n) is 6.72. The Morgan fingerprint density at radius 1 is 0.960 bits per heavy atom. The number of benzene rings is 2. The molecule has 3 rings (SSSR count). The number of likely N-dealkylation sites (N-methyl/N-ethyl adjacent to an activating group) is 1. The van der Waals surface area contributed by atoms with E-state index in [1.807, 2.05) is 30.3 Å².